The monoisotopic (exact) mass is 258 g/mol. The van der Waals surface area contributed by atoms with Crippen molar-refractivity contribution in [2.75, 3.05) is 0 Å². The zero-order chi connectivity index (χ0) is 11.7. The molecule has 1 N–H and O–H groups in total. The Morgan fingerprint density at radius 1 is 1.44 bits per heavy atom. The van der Waals surface area contributed by atoms with Gasteiger partial charge < -0.3 is 5.11 Å². The van der Waals surface area contributed by atoms with Gasteiger partial charge in [-0.05, 0) is 18.2 Å². The first-order valence-electron chi connectivity index (χ1n) is 4.11. The predicted molar refractivity (Wildman–Crippen MR) is 57.3 cm³/mol. The van der Waals surface area contributed by atoms with Gasteiger partial charge >= 0.3 is 5.97 Å². The lowest BCUT2D eigenvalue weighted by Gasteiger charge is -1.99. The lowest BCUT2D eigenvalue weighted by Crippen LogP contribution is -1.99. The molecule has 0 aliphatic heterocycles. The molecule has 4 nitrogen and oxygen atoms in total. The van der Waals surface area contributed by atoms with E-state index in [9.17, 15) is 9.18 Å². The first kappa shape index (κ1) is 11.0. The van der Waals surface area contributed by atoms with Crippen LogP contribution in [0.4, 0.5) is 4.39 Å². The molecule has 1 aromatic heterocycles. The smallest absolute Gasteiger partial charge is 0.357 e. The Kier molecular flexibility index (Phi) is 2.84. The maximum atomic E-state index is 12.9. The molecule has 0 fully saturated rings. The molecule has 0 aliphatic rings. The minimum atomic E-state index is -1.18. The summed E-state index contributed by atoms with van der Waals surface area (Å²) >= 11 is 6.38. The molecule has 0 unspecified atom stereocenters. The number of nitrogens with zero attached hydrogens (tertiary/aromatic N) is 2. The standard InChI is InChI=1S/C9H4ClFN2O2S/c10-5-3-4(1-2-6(5)11)7-8(9(14)15)13-16-12-7/h1-3H,(H,14,15). The van der Waals surface area contributed by atoms with E-state index in [0.29, 0.717) is 5.56 Å². The Morgan fingerprint density at radius 2 is 2.19 bits per heavy atom. The fraction of sp³-hybridized carbons (Fsp3) is 0. The second kappa shape index (κ2) is 4.15. The van der Waals surface area contributed by atoms with Gasteiger partial charge in [0, 0.05) is 5.56 Å². The van der Waals surface area contributed by atoms with Gasteiger partial charge in [-0.3, -0.25) is 0 Å². The average Bonchev–Trinajstić information content (AvgIpc) is 2.71. The van der Waals surface area contributed by atoms with Crippen LogP contribution in [0.3, 0.4) is 0 Å². The van der Waals surface area contributed by atoms with Gasteiger partial charge in [0.25, 0.3) is 0 Å². The summed E-state index contributed by atoms with van der Waals surface area (Å²) in [7, 11) is 0. The van der Waals surface area contributed by atoms with Crippen LogP contribution in [-0.2, 0) is 0 Å². The van der Waals surface area contributed by atoms with Crippen molar-refractivity contribution in [3.63, 3.8) is 0 Å². The van der Waals surface area contributed by atoms with E-state index in [1.807, 2.05) is 0 Å². The fourth-order valence-corrected chi connectivity index (χ4v) is 1.90. The minimum Gasteiger partial charge on any atom is -0.476 e. The van der Waals surface area contributed by atoms with E-state index in [1.165, 1.54) is 12.1 Å². The molecule has 0 saturated heterocycles. The summed E-state index contributed by atoms with van der Waals surface area (Å²) in [4.78, 5) is 10.8. The molecule has 2 aromatic rings. The Labute approximate surface area is 98.6 Å². The van der Waals surface area contributed by atoms with E-state index >= 15 is 0 Å². The predicted octanol–water partition coefficient (Wildman–Crippen LogP) is 2.70. The number of hydrogen-bond acceptors (Lipinski definition) is 4. The number of carbonyl (C=O) groups is 1. The van der Waals surface area contributed by atoms with Crippen molar-refractivity contribution in [1.82, 2.24) is 8.75 Å². The van der Waals surface area contributed by atoms with Gasteiger partial charge in [-0.1, -0.05) is 11.6 Å². The highest BCUT2D eigenvalue weighted by molar-refractivity contribution is 6.99. The third-order valence-corrected chi connectivity index (χ3v) is 2.70. The number of carboxylic acids is 1. The summed E-state index contributed by atoms with van der Waals surface area (Å²) in [6.45, 7) is 0. The molecule has 7 heteroatoms. The quantitative estimate of drug-likeness (QED) is 0.900. The Morgan fingerprint density at radius 3 is 2.81 bits per heavy atom. The lowest BCUT2D eigenvalue weighted by atomic mass is 10.1. The molecule has 0 saturated carbocycles. The van der Waals surface area contributed by atoms with Crippen LogP contribution in [0.1, 0.15) is 10.5 Å². The number of hydrogen-bond donors (Lipinski definition) is 1. The summed E-state index contributed by atoms with van der Waals surface area (Å²) in [6, 6.07) is 3.88. The Balaban J connectivity index is 2.54. The second-order valence-electron chi connectivity index (χ2n) is 2.90. The SMILES string of the molecule is O=C(O)c1nsnc1-c1ccc(F)c(Cl)c1. The molecule has 16 heavy (non-hydrogen) atoms. The van der Waals surface area contributed by atoms with Gasteiger partial charge in [-0.25, -0.2) is 9.18 Å². The van der Waals surface area contributed by atoms with E-state index in [-0.39, 0.29) is 16.4 Å². The van der Waals surface area contributed by atoms with Crippen LogP contribution in [0.25, 0.3) is 11.3 Å². The molecule has 0 spiro atoms. The largest absolute Gasteiger partial charge is 0.476 e. The van der Waals surface area contributed by atoms with Crippen molar-refractivity contribution in [3.8, 4) is 11.3 Å². The average molecular weight is 259 g/mol. The van der Waals surface area contributed by atoms with Crippen LogP contribution in [0.15, 0.2) is 18.2 Å². The van der Waals surface area contributed by atoms with Gasteiger partial charge in [0.1, 0.15) is 11.5 Å². The third kappa shape index (κ3) is 1.89. The molecule has 1 aromatic carbocycles. The van der Waals surface area contributed by atoms with Gasteiger partial charge in [0.15, 0.2) is 5.69 Å². The van der Waals surface area contributed by atoms with Crippen molar-refractivity contribution in [3.05, 3.63) is 34.7 Å². The minimum absolute atomic E-state index is 0.0816. The van der Waals surface area contributed by atoms with E-state index in [2.05, 4.69) is 8.75 Å². The molecule has 82 valence electrons. The summed E-state index contributed by atoms with van der Waals surface area (Å²) < 4.78 is 20.4. The van der Waals surface area contributed by atoms with Crippen LogP contribution in [0.5, 0.6) is 0 Å². The zero-order valence-electron chi connectivity index (χ0n) is 7.65. The molecule has 0 amide bonds. The van der Waals surface area contributed by atoms with Crippen LogP contribution in [0.2, 0.25) is 5.02 Å². The number of carboxylic acid groups (broad SMARTS) is 1. The maximum Gasteiger partial charge on any atom is 0.357 e. The van der Waals surface area contributed by atoms with E-state index in [1.54, 1.807) is 0 Å². The molecule has 0 aliphatic carbocycles. The second-order valence-corrected chi connectivity index (χ2v) is 3.83. The van der Waals surface area contributed by atoms with Crippen LogP contribution in [0, 0.1) is 5.82 Å². The van der Waals surface area contributed by atoms with E-state index < -0.39 is 11.8 Å². The number of aromatic carboxylic acids is 1. The normalized spacial score (nSPS) is 10.4. The fourth-order valence-electron chi connectivity index (χ4n) is 1.16. The topological polar surface area (TPSA) is 63.1 Å². The van der Waals surface area contributed by atoms with Gasteiger partial charge in [0.2, 0.25) is 0 Å². The van der Waals surface area contributed by atoms with Gasteiger partial charge in [0.05, 0.1) is 16.8 Å². The molecule has 0 radical (unpaired) electrons. The molecule has 0 atom stereocenters. The zero-order valence-corrected chi connectivity index (χ0v) is 9.22. The summed E-state index contributed by atoms with van der Waals surface area (Å²) in [5.74, 6) is -1.74. The molecule has 0 bridgehead atoms. The van der Waals surface area contributed by atoms with Gasteiger partial charge in [-0.15, -0.1) is 0 Å². The van der Waals surface area contributed by atoms with Gasteiger partial charge in [-0.2, -0.15) is 8.75 Å². The molecular formula is C9H4ClFN2O2S. The summed E-state index contributed by atoms with van der Waals surface area (Å²) in [5.41, 5.74) is 0.463. The first-order chi connectivity index (χ1) is 7.59. The van der Waals surface area contributed by atoms with E-state index in [0.717, 1.165) is 17.8 Å². The Hall–Kier alpha value is -1.53. The van der Waals surface area contributed by atoms with Crippen LogP contribution in [-0.4, -0.2) is 19.8 Å². The number of benzene rings is 1. The summed E-state index contributed by atoms with van der Waals surface area (Å²) in [6.07, 6.45) is 0. The molecular weight excluding hydrogens is 255 g/mol. The number of rotatable bonds is 2. The van der Waals surface area contributed by atoms with Crippen molar-refractivity contribution in [1.29, 1.82) is 0 Å². The van der Waals surface area contributed by atoms with Crippen molar-refractivity contribution in [2.45, 2.75) is 0 Å². The van der Waals surface area contributed by atoms with E-state index in [4.69, 9.17) is 16.7 Å². The number of halogens is 2. The summed E-state index contributed by atoms with van der Waals surface area (Å²) in [5, 5.41) is 8.76. The number of aromatic nitrogens is 2. The van der Waals surface area contributed by atoms with Crippen molar-refractivity contribution in [2.24, 2.45) is 0 Å². The van der Waals surface area contributed by atoms with Crippen molar-refractivity contribution < 1.29 is 14.3 Å². The highest BCUT2D eigenvalue weighted by atomic mass is 35.5. The van der Waals surface area contributed by atoms with Crippen molar-refractivity contribution >= 4 is 29.3 Å². The third-order valence-electron chi connectivity index (χ3n) is 1.88. The first-order valence-corrected chi connectivity index (χ1v) is 5.21. The molecule has 1 heterocycles. The van der Waals surface area contributed by atoms with Crippen LogP contribution < -0.4 is 0 Å². The highest BCUT2D eigenvalue weighted by Crippen LogP contribution is 2.26. The lowest BCUT2D eigenvalue weighted by molar-refractivity contribution is 0.0692. The highest BCUT2D eigenvalue weighted by Gasteiger charge is 2.17. The maximum absolute atomic E-state index is 12.9. The van der Waals surface area contributed by atoms with Crippen LogP contribution >= 0.6 is 23.3 Å². The Bertz CT molecular complexity index is 558. The molecule has 2 rings (SSSR count).